The van der Waals surface area contributed by atoms with Crippen LogP contribution >= 0.6 is 11.3 Å². The van der Waals surface area contributed by atoms with Crippen molar-refractivity contribution < 1.29 is 9.90 Å². The summed E-state index contributed by atoms with van der Waals surface area (Å²) in [5, 5.41) is 11.6. The average Bonchev–Trinajstić information content (AvgIpc) is 2.91. The number of nitrogens with zero attached hydrogens (tertiary/aromatic N) is 1. The third kappa shape index (κ3) is 4.15. The molecule has 0 bridgehead atoms. The van der Waals surface area contributed by atoms with Gasteiger partial charge >= 0.3 is 0 Å². The number of aryl methyl sites for hydroxylation is 1. The molecule has 2 aromatic rings. The number of benzene rings is 1. The number of aliphatic hydroxyl groups is 1. The second kappa shape index (κ2) is 7.58. The Bertz CT molecular complexity index is 683. The van der Waals surface area contributed by atoms with E-state index in [4.69, 9.17) is 5.11 Å². The Labute approximate surface area is 127 Å². The zero-order valence-corrected chi connectivity index (χ0v) is 12.5. The molecule has 21 heavy (non-hydrogen) atoms. The molecular formula is C16H16N2O2S. The van der Waals surface area contributed by atoms with Crippen LogP contribution in [0.4, 0.5) is 0 Å². The highest BCUT2D eigenvalue weighted by Gasteiger charge is 2.10. The van der Waals surface area contributed by atoms with E-state index in [0.717, 1.165) is 10.6 Å². The van der Waals surface area contributed by atoms with Gasteiger partial charge in [-0.25, -0.2) is 4.98 Å². The molecular weight excluding hydrogens is 284 g/mol. The van der Waals surface area contributed by atoms with Gasteiger partial charge in [0.15, 0.2) is 0 Å². The Morgan fingerprint density at radius 2 is 2.24 bits per heavy atom. The van der Waals surface area contributed by atoms with Crippen LogP contribution < -0.4 is 5.32 Å². The smallest absolute Gasteiger partial charge is 0.252 e. The molecule has 0 spiro atoms. The van der Waals surface area contributed by atoms with Crippen molar-refractivity contribution in [3.8, 4) is 11.8 Å². The van der Waals surface area contributed by atoms with Crippen molar-refractivity contribution in [3.05, 3.63) is 51.5 Å². The Morgan fingerprint density at radius 3 is 2.95 bits per heavy atom. The maximum absolute atomic E-state index is 12.3. The summed E-state index contributed by atoms with van der Waals surface area (Å²) in [5.41, 5.74) is 3.93. The first-order valence-electron chi connectivity index (χ1n) is 6.58. The fourth-order valence-corrected chi connectivity index (χ4v) is 2.47. The van der Waals surface area contributed by atoms with Crippen LogP contribution in [-0.4, -0.2) is 22.6 Å². The minimum Gasteiger partial charge on any atom is -0.395 e. The summed E-state index contributed by atoms with van der Waals surface area (Å²) < 4.78 is 0. The maximum Gasteiger partial charge on any atom is 0.252 e. The summed E-state index contributed by atoms with van der Waals surface area (Å²) in [5.74, 6) is 5.60. The lowest BCUT2D eigenvalue weighted by Gasteiger charge is -2.06. The zero-order chi connectivity index (χ0) is 15.1. The number of aromatic nitrogens is 1. The lowest BCUT2D eigenvalue weighted by atomic mass is 10.1. The van der Waals surface area contributed by atoms with E-state index in [1.54, 1.807) is 17.6 Å². The number of amides is 1. The molecule has 0 saturated heterocycles. The molecule has 0 fully saturated rings. The molecule has 0 aliphatic rings. The highest BCUT2D eigenvalue weighted by Crippen LogP contribution is 2.12. The van der Waals surface area contributed by atoms with E-state index in [0.29, 0.717) is 24.1 Å². The van der Waals surface area contributed by atoms with Gasteiger partial charge in [0.1, 0.15) is 0 Å². The molecule has 1 heterocycles. The number of aliphatic hydroxyl groups excluding tert-OH is 1. The average molecular weight is 300 g/mol. The van der Waals surface area contributed by atoms with Crippen LogP contribution in [0.3, 0.4) is 0 Å². The molecule has 1 aromatic heterocycles. The molecule has 0 aliphatic heterocycles. The lowest BCUT2D eigenvalue weighted by molar-refractivity contribution is 0.0951. The molecule has 0 aliphatic carbocycles. The normalized spacial score (nSPS) is 9.81. The van der Waals surface area contributed by atoms with E-state index in [1.165, 1.54) is 11.3 Å². The number of hydrogen-bond donors (Lipinski definition) is 2. The first-order valence-corrected chi connectivity index (χ1v) is 7.46. The number of thiazole rings is 1. The molecule has 2 rings (SSSR count). The first kappa shape index (κ1) is 15.2. The summed E-state index contributed by atoms with van der Waals surface area (Å²) in [6, 6.07) is 7.20. The molecule has 1 amide bonds. The van der Waals surface area contributed by atoms with Crippen LogP contribution in [0.15, 0.2) is 29.8 Å². The third-order valence-corrected chi connectivity index (χ3v) is 3.82. The number of rotatable bonds is 4. The topological polar surface area (TPSA) is 62.2 Å². The third-order valence-electron chi connectivity index (χ3n) is 2.89. The minimum atomic E-state index is -0.156. The minimum absolute atomic E-state index is 0.0199. The van der Waals surface area contributed by atoms with E-state index in [2.05, 4.69) is 22.1 Å². The quantitative estimate of drug-likeness (QED) is 0.850. The second-order valence-corrected chi connectivity index (χ2v) is 5.30. The van der Waals surface area contributed by atoms with Crippen molar-refractivity contribution in [3.63, 3.8) is 0 Å². The fourth-order valence-electron chi connectivity index (χ4n) is 1.76. The number of hydrogen-bond acceptors (Lipinski definition) is 4. The van der Waals surface area contributed by atoms with E-state index in [-0.39, 0.29) is 12.5 Å². The number of carbonyl (C=O) groups is 1. The van der Waals surface area contributed by atoms with Crippen molar-refractivity contribution in [1.82, 2.24) is 10.3 Å². The largest absolute Gasteiger partial charge is 0.395 e. The summed E-state index contributed by atoms with van der Waals surface area (Å²) in [4.78, 5) is 17.5. The van der Waals surface area contributed by atoms with E-state index in [1.807, 2.05) is 19.1 Å². The first-order chi connectivity index (χ1) is 10.2. The van der Waals surface area contributed by atoms with Crippen LogP contribution in [-0.2, 0) is 6.54 Å². The summed E-state index contributed by atoms with van der Waals surface area (Å²) in [7, 11) is 0. The maximum atomic E-state index is 12.3. The second-order valence-electron chi connectivity index (χ2n) is 4.36. The Balaban J connectivity index is 2.09. The van der Waals surface area contributed by atoms with Crippen molar-refractivity contribution in [1.29, 1.82) is 0 Å². The Hall–Kier alpha value is -2.16. The Kier molecular flexibility index (Phi) is 5.50. The van der Waals surface area contributed by atoms with E-state index >= 15 is 0 Å². The van der Waals surface area contributed by atoms with Crippen molar-refractivity contribution in [2.24, 2.45) is 0 Å². The van der Waals surface area contributed by atoms with Crippen molar-refractivity contribution in [2.75, 3.05) is 6.61 Å². The van der Waals surface area contributed by atoms with E-state index in [9.17, 15) is 4.79 Å². The highest BCUT2D eigenvalue weighted by molar-refractivity contribution is 7.09. The van der Waals surface area contributed by atoms with E-state index < -0.39 is 0 Å². The van der Waals surface area contributed by atoms with Gasteiger partial charge in [0.25, 0.3) is 5.91 Å². The molecule has 0 unspecified atom stereocenters. The van der Waals surface area contributed by atoms with Gasteiger partial charge in [-0.2, -0.15) is 0 Å². The summed E-state index contributed by atoms with van der Waals surface area (Å²) in [6.07, 6.45) is 0.399. The van der Waals surface area contributed by atoms with Crippen LogP contribution in [0, 0.1) is 18.8 Å². The zero-order valence-electron chi connectivity index (χ0n) is 11.7. The molecule has 0 radical (unpaired) electrons. The monoisotopic (exact) mass is 300 g/mol. The number of nitrogens with one attached hydrogen (secondary N) is 1. The van der Waals surface area contributed by atoms with Crippen LogP contribution in [0.25, 0.3) is 0 Å². The van der Waals surface area contributed by atoms with Gasteiger partial charge in [0.05, 0.1) is 29.9 Å². The summed E-state index contributed by atoms with van der Waals surface area (Å²) >= 11 is 1.53. The number of carbonyl (C=O) groups excluding carboxylic acids is 1. The van der Waals surface area contributed by atoms with Crippen LogP contribution in [0.2, 0.25) is 0 Å². The van der Waals surface area contributed by atoms with Crippen LogP contribution in [0.5, 0.6) is 0 Å². The molecule has 108 valence electrons. The van der Waals surface area contributed by atoms with Crippen molar-refractivity contribution in [2.45, 2.75) is 19.9 Å². The standard InChI is InChI=1S/C16H16N2O2S/c1-12-15(21-11-18-12)10-17-16(20)14-8-3-2-6-13(14)7-4-5-9-19/h2-3,6,8,11,19H,5,9-10H2,1H3,(H,17,20). The van der Waals surface area contributed by atoms with Gasteiger partial charge in [-0.05, 0) is 19.1 Å². The van der Waals surface area contributed by atoms with Gasteiger partial charge in [0, 0.05) is 16.9 Å². The predicted octanol–water partition coefficient (Wildman–Crippen LogP) is 2.12. The molecule has 1 aromatic carbocycles. The summed E-state index contributed by atoms with van der Waals surface area (Å²) in [6.45, 7) is 2.41. The van der Waals surface area contributed by atoms with Crippen molar-refractivity contribution >= 4 is 17.2 Å². The molecule has 2 N–H and O–H groups in total. The highest BCUT2D eigenvalue weighted by atomic mass is 32.1. The van der Waals surface area contributed by atoms with Gasteiger partial charge in [-0.3, -0.25) is 4.79 Å². The Morgan fingerprint density at radius 1 is 1.43 bits per heavy atom. The van der Waals surface area contributed by atoms with Gasteiger partial charge in [-0.1, -0.05) is 24.0 Å². The predicted molar refractivity (Wildman–Crippen MR) is 83.0 cm³/mol. The van der Waals surface area contributed by atoms with Gasteiger partial charge in [0.2, 0.25) is 0 Å². The van der Waals surface area contributed by atoms with Gasteiger partial charge < -0.3 is 10.4 Å². The SMILES string of the molecule is Cc1ncsc1CNC(=O)c1ccccc1C#CCCO. The molecule has 4 nitrogen and oxygen atoms in total. The molecule has 0 atom stereocenters. The fraction of sp³-hybridized carbons (Fsp3) is 0.250. The van der Waals surface area contributed by atoms with Gasteiger partial charge in [-0.15, -0.1) is 11.3 Å². The molecule has 0 saturated carbocycles. The lowest BCUT2D eigenvalue weighted by Crippen LogP contribution is -2.23. The molecule has 5 heteroatoms. The van der Waals surface area contributed by atoms with Crippen LogP contribution in [0.1, 0.15) is 32.9 Å².